The maximum Gasteiger partial charge on any atom is 0.194 e. The van der Waals surface area contributed by atoms with E-state index in [0.717, 1.165) is 17.2 Å². The summed E-state index contributed by atoms with van der Waals surface area (Å²) in [5.41, 5.74) is 5.62. The van der Waals surface area contributed by atoms with Crippen molar-refractivity contribution in [2.45, 2.75) is 44.2 Å². The molecule has 0 radical (unpaired) electrons. The van der Waals surface area contributed by atoms with Crippen LogP contribution in [0.25, 0.3) is 0 Å². The van der Waals surface area contributed by atoms with Crippen LogP contribution in [-0.4, -0.2) is 22.2 Å². The second-order valence-corrected chi connectivity index (χ2v) is 6.38. The Morgan fingerprint density at radius 1 is 1.50 bits per heavy atom. The number of guanidine groups is 1. The fourth-order valence-electron chi connectivity index (χ4n) is 1.41. The standard InChI is InChI=1S/C14H21N5S/c1-14(2,3)19-13(16)18-11-7-6-8-12(17-11)20-10-5-4-9-15/h6-8H,4-5,10H2,1-3H3,(H3,16,17,18,19). The van der Waals surface area contributed by atoms with Gasteiger partial charge in [-0.3, -0.25) is 0 Å². The molecule has 0 aromatic carbocycles. The number of thioether (sulfide) groups is 1. The van der Waals surface area contributed by atoms with Gasteiger partial charge in [0, 0.05) is 12.2 Å². The van der Waals surface area contributed by atoms with E-state index in [1.807, 2.05) is 39.0 Å². The first-order chi connectivity index (χ1) is 9.40. The largest absolute Gasteiger partial charge is 0.370 e. The SMILES string of the molecule is CC(C)(C)N=C(N)Nc1cccc(SCCCC#N)n1. The minimum Gasteiger partial charge on any atom is -0.370 e. The Hall–Kier alpha value is -1.74. The van der Waals surface area contributed by atoms with Gasteiger partial charge in [-0.1, -0.05) is 6.07 Å². The number of hydrogen-bond donors (Lipinski definition) is 2. The molecule has 5 nitrogen and oxygen atoms in total. The molecule has 0 saturated carbocycles. The predicted octanol–water partition coefficient (Wildman–Crippen LogP) is 3.00. The highest BCUT2D eigenvalue weighted by atomic mass is 32.2. The lowest BCUT2D eigenvalue weighted by molar-refractivity contribution is 0.583. The number of hydrogen-bond acceptors (Lipinski definition) is 4. The molecule has 20 heavy (non-hydrogen) atoms. The van der Waals surface area contributed by atoms with Crippen LogP contribution in [0, 0.1) is 11.3 Å². The Morgan fingerprint density at radius 3 is 2.90 bits per heavy atom. The summed E-state index contributed by atoms with van der Waals surface area (Å²) in [4.78, 5) is 8.77. The van der Waals surface area contributed by atoms with Gasteiger partial charge in [0.1, 0.15) is 5.82 Å². The first-order valence-corrected chi connectivity index (χ1v) is 7.48. The van der Waals surface area contributed by atoms with Gasteiger partial charge in [-0.2, -0.15) is 5.26 Å². The number of aromatic nitrogens is 1. The van der Waals surface area contributed by atoms with Crippen LogP contribution in [0.1, 0.15) is 33.6 Å². The summed E-state index contributed by atoms with van der Waals surface area (Å²) in [6, 6.07) is 7.85. The third-order valence-electron chi connectivity index (χ3n) is 2.12. The summed E-state index contributed by atoms with van der Waals surface area (Å²) >= 11 is 1.63. The summed E-state index contributed by atoms with van der Waals surface area (Å²) in [6.07, 6.45) is 1.45. The molecule has 0 spiro atoms. The van der Waals surface area contributed by atoms with E-state index >= 15 is 0 Å². The first kappa shape index (κ1) is 16.3. The van der Waals surface area contributed by atoms with Crippen LogP contribution in [0.5, 0.6) is 0 Å². The van der Waals surface area contributed by atoms with E-state index in [4.69, 9.17) is 11.0 Å². The number of nitrogens with one attached hydrogen (secondary N) is 1. The fraction of sp³-hybridized carbons (Fsp3) is 0.500. The van der Waals surface area contributed by atoms with Crippen LogP contribution in [0.4, 0.5) is 5.82 Å². The number of nitrogens with zero attached hydrogens (tertiary/aromatic N) is 3. The Labute approximate surface area is 124 Å². The summed E-state index contributed by atoms with van der Waals surface area (Å²) in [6.45, 7) is 5.95. The van der Waals surface area contributed by atoms with Crippen LogP contribution in [0.3, 0.4) is 0 Å². The summed E-state index contributed by atoms with van der Waals surface area (Å²) in [5, 5.41) is 12.4. The fourth-order valence-corrected chi connectivity index (χ4v) is 2.25. The van der Waals surface area contributed by atoms with Gasteiger partial charge in [0.15, 0.2) is 5.96 Å². The van der Waals surface area contributed by atoms with E-state index in [1.165, 1.54) is 0 Å². The number of unbranched alkanes of at least 4 members (excludes halogenated alkanes) is 1. The maximum atomic E-state index is 8.49. The molecule has 0 bridgehead atoms. The van der Waals surface area contributed by atoms with Gasteiger partial charge in [-0.05, 0) is 39.3 Å². The van der Waals surface area contributed by atoms with Crippen LogP contribution in [-0.2, 0) is 0 Å². The molecule has 6 heteroatoms. The lowest BCUT2D eigenvalue weighted by Gasteiger charge is -2.14. The van der Waals surface area contributed by atoms with Crippen LogP contribution < -0.4 is 11.1 Å². The van der Waals surface area contributed by atoms with Crippen molar-refractivity contribution in [3.05, 3.63) is 18.2 Å². The maximum absolute atomic E-state index is 8.49. The zero-order chi connectivity index (χ0) is 15.0. The Morgan fingerprint density at radius 2 is 2.25 bits per heavy atom. The molecular formula is C14H21N5S. The van der Waals surface area contributed by atoms with Gasteiger partial charge in [-0.25, -0.2) is 9.98 Å². The molecule has 3 N–H and O–H groups in total. The van der Waals surface area contributed by atoms with Crippen molar-refractivity contribution in [2.24, 2.45) is 10.7 Å². The van der Waals surface area contributed by atoms with Gasteiger partial charge >= 0.3 is 0 Å². The number of pyridine rings is 1. The van der Waals surface area contributed by atoms with E-state index in [2.05, 4.69) is 21.4 Å². The molecule has 0 aliphatic rings. The predicted molar refractivity (Wildman–Crippen MR) is 84.8 cm³/mol. The van der Waals surface area contributed by atoms with Gasteiger partial charge in [0.2, 0.25) is 0 Å². The lowest BCUT2D eigenvalue weighted by Crippen LogP contribution is -2.27. The Kier molecular flexibility index (Phi) is 6.32. The van der Waals surface area contributed by atoms with Crippen molar-refractivity contribution in [3.63, 3.8) is 0 Å². The van der Waals surface area contributed by atoms with Crippen LogP contribution >= 0.6 is 11.8 Å². The minimum atomic E-state index is -0.221. The molecule has 108 valence electrons. The molecule has 0 fully saturated rings. The average Bonchev–Trinajstić information content (AvgIpc) is 2.32. The van der Waals surface area contributed by atoms with Crippen LogP contribution in [0.2, 0.25) is 0 Å². The molecular weight excluding hydrogens is 270 g/mol. The van der Waals surface area contributed by atoms with Crippen molar-refractivity contribution in [1.29, 1.82) is 5.26 Å². The average molecular weight is 291 g/mol. The lowest BCUT2D eigenvalue weighted by atomic mass is 10.1. The Balaban J connectivity index is 2.60. The van der Waals surface area contributed by atoms with E-state index in [9.17, 15) is 0 Å². The Bertz CT molecular complexity index is 499. The third-order valence-corrected chi connectivity index (χ3v) is 3.13. The highest BCUT2D eigenvalue weighted by molar-refractivity contribution is 7.99. The molecule has 1 aromatic heterocycles. The van der Waals surface area contributed by atoms with Gasteiger partial charge in [-0.15, -0.1) is 11.8 Å². The number of nitriles is 1. The number of nitrogens with two attached hydrogens (primary N) is 1. The third kappa shape index (κ3) is 7.00. The normalized spacial score (nSPS) is 12.0. The van der Waals surface area contributed by atoms with Crippen molar-refractivity contribution in [3.8, 4) is 6.07 Å². The van der Waals surface area contributed by atoms with E-state index in [1.54, 1.807) is 11.8 Å². The second kappa shape index (κ2) is 7.75. The van der Waals surface area contributed by atoms with E-state index in [-0.39, 0.29) is 5.54 Å². The summed E-state index contributed by atoms with van der Waals surface area (Å²) < 4.78 is 0. The number of aliphatic imine (C=N–C) groups is 1. The molecule has 0 unspecified atom stereocenters. The molecule has 0 aliphatic heterocycles. The molecule has 1 rings (SSSR count). The zero-order valence-corrected chi connectivity index (χ0v) is 13.0. The van der Waals surface area contributed by atoms with Crippen molar-refractivity contribution in [2.75, 3.05) is 11.1 Å². The summed E-state index contributed by atoms with van der Waals surface area (Å²) in [5.74, 6) is 1.92. The monoisotopic (exact) mass is 291 g/mol. The topological polar surface area (TPSA) is 87.1 Å². The van der Waals surface area contributed by atoms with Gasteiger partial charge in [0.25, 0.3) is 0 Å². The quantitative estimate of drug-likeness (QED) is 0.377. The molecule has 1 aromatic rings. The smallest absolute Gasteiger partial charge is 0.194 e. The van der Waals surface area contributed by atoms with E-state index in [0.29, 0.717) is 18.2 Å². The first-order valence-electron chi connectivity index (χ1n) is 6.50. The van der Waals surface area contributed by atoms with Crippen molar-refractivity contribution < 1.29 is 0 Å². The molecule has 0 saturated heterocycles. The van der Waals surface area contributed by atoms with Gasteiger partial charge in [0.05, 0.1) is 16.6 Å². The highest BCUT2D eigenvalue weighted by Gasteiger charge is 2.08. The number of anilines is 1. The minimum absolute atomic E-state index is 0.221. The van der Waals surface area contributed by atoms with E-state index < -0.39 is 0 Å². The summed E-state index contributed by atoms with van der Waals surface area (Å²) in [7, 11) is 0. The molecule has 0 amide bonds. The molecule has 0 aliphatic carbocycles. The van der Waals surface area contributed by atoms with Crippen LogP contribution in [0.15, 0.2) is 28.2 Å². The molecule has 1 heterocycles. The van der Waals surface area contributed by atoms with Crippen molar-refractivity contribution >= 4 is 23.5 Å². The highest BCUT2D eigenvalue weighted by Crippen LogP contribution is 2.18. The zero-order valence-electron chi connectivity index (χ0n) is 12.2. The molecule has 0 atom stereocenters. The second-order valence-electron chi connectivity index (χ2n) is 5.26. The number of rotatable bonds is 5. The van der Waals surface area contributed by atoms with Crippen molar-refractivity contribution in [1.82, 2.24) is 4.98 Å². The van der Waals surface area contributed by atoms with Gasteiger partial charge < -0.3 is 11.1 Å².